The standard InChI is InChI=1S/C18H16FN5O3/c1-11-14(16(25)23-9-7-18(19,10-23)17(26)27)21-22-24(11)13-6-2-4-12-5-3-8-20-15(12)13/h2-6,8H,7,9-10H2,1H3,(H,26,27). The van der Waals surface area contributed by atoms with Crippen molar-refractivity contribution >= 4 is 22.8 Å². The summed E-state index contributed by atoms with van der Waals surface area (Å²) in [5, 5.41) is 17.9. The lowest BCUT2D eigenvalue weighted by atomic mass is 10.1. The molecule has 4 rings (SSSR count). The van der Waals surface area contributed by atoms with Crippen LogP contribution >= 0.6 is 0 Å². The molecule has 1 fully saturated rings. The largest absolute Gasteiger partial charge is 0.479 e. The van der Waals surface area contributed by atoms with Crippen LogP contribution in [0.5, 0.6) is 0 Å². The molecule has 1 atom stereocenters. The molecule has 0 radical (unpaired) electrons. The Hall–Kier alpha value is -3.36. The summed E-state index contributed by atoms with van der Waals surface area (Å²) >= 11 is 0. The number of pyridine rings is 1. The number of carbonyl (C=O) groups is 2. The number of likely N-dealkylation sites (tertiary alicyclic amines) is 1. The number of halogens is 1. The predicted molar refractivity (Wildman–Crippen MR) is 93.4 cm³/mol. The van der Waals surface area contributed by atoms with Gasteiger partial charge in [-0.2, -0.15) is 0 Å². The Morgan fingerprint density at radius 2 is 2.04 bits per heavy atom. The molecule has 138 valence electrons. The Morgan fingerprint density at radius 3 is 2.78 bits per heavy atom. The van der Waals surface area contributed by atoms with Gasteiger partial charge in [-0.3, -0.25) is 9.78 Å². The van der Waals surface area contributed by atoms with E-state index in [0.29, 0.717) is 16.9 Å². The number of nitrogens with zero attached hydrogens (tertiary/aromatic N) is 5. The van der Waals surface area contributed by atoms with Crippen molar-refractivity contribution in [3.63, 3.8) is 0 Å². The van der Waals surface area contributed by atoms with Gasteiger partial charge in [0.2, 0.25) is 5.67 Å². The summed E-state index contributed by atoms with van der Waals surface area (Å²) in [4.78, 5) is 29.3. The van der Waals surface area contributed by atoms with E-state index in [9.17, 15) is 14.0 Å². The van der Waals surface area contributed by atoms with E-state index in [4.69, 9.17) is 5.11 Å². The Morgan fingerprint density at radius 1 is 1.26 bits per heavy atom. The Labute approximate surface area is 153 Å². The van der Waals surface area contributed by atoms with Gasteiger partial charge >= 0.3 is 5.97 Å². The van der Waals surface area contributed by atoms with Crippen molar-refractivity contribution in [2.45, 2.75) is 19.0 Å². The molecule has 0 bridgehead atoms. The topological polar surface area (TPSA) is 101 Å². The van der Waals surface area contributed by atoms with Crippen LogP contribution in [0.3, 0.4) is 0 Å². The number of fused-ring (bicyclic) bond motifs is 1. The van der Waals surface area contributed by atoms with Gasteiger partial charge in [-0.15, -0.1) is 5.10 Å². The molecule has 1 N–H and O–H groups in total. The van der Waals surface area contributed by atoms with Crippen LogP contribution < -0.4 is 0 Å². The van der Waals surface area contributed by atoms with Gasteiger partial charge in [-0.1, -0.05) is 23.4 Å². The number of hydrogen-bond donors (Lipinski definition) is 1. The number of carboxylic acid groups (broad SMARTS) is 1. The number of alkyl halides is 1. The molecule has 1 saturated heterocycles. The second kappa shape index (κ2) is 6.11. The molecular formula is C18H16FN5O3. The zero-order valence-corrected chi connectivity index (χ0v) is 14.5. The highest BCUT2D eigenvalue weighted by Gasteiger charge is 2.47. The van der Waals surface area contributed by atoms with Crippen LogP contribution in [0, 0.1) is 6.92 Å². The van der Waals surface area contributed by atoms with Crippen LogP contribution in [0.4, 0.5) is 4.39 Å². The zero-order chi connectivity index (χ0) is 19.2. The number of hydrogen-bond acceptors (Lipinski definition) is 5. The van der Waals surface area contributed by atoms with Crippen molar-refractivity contribution in [1.29, 1.82) is 0 Å². The summed E-state index contributed by atoms with van der Waals surface area (Å²) in [6.45, 7) is 1.21. The summed E-state index contributed by atoms with van der Waals surface area (Å²) in [6, 6.07) is 9.33. The monoisotopic (exact) mass is 369 g/mol. The maximum atomic E-state index is 14.3. The van der Waals surface area contributed by atoms with Crippen LogP contribution in [-0.2, 0) is 4.79 Å². The Kier molecular flexibility index (Phi) is 3.87. The number of aliphatic carboxylic acids is 1. The molecule has 0 spiro atoms. The Balaban J connectivity index is 1.69. The molecule has 3 aromatic rings. The average Bonchev–Trinajstić information content (AvgIpc) is 3.25. The molecule has 1 aromatic carbocycles. The van der Waals surface area contributed by atoms with Crippen molar-refractivity contribution in [3.8, 4) is 5.69 Å². The third-order valence-corrected chi connectivity index (χ3v) is 4.83. The van der Waals surface area contributed by atoms with Crippen LogP contribution in [0.2, 0.25) is 0 Å². The van der Waals surface area contributed by atoms with E-state index in [1.54, 1.807) is 13.1 Å². The normalized spacial score (nSPS) is 19.6. The number of amides is 1. The highest BCUT2D eigenvalue weighted by molar-refractivity contribution is 5.95. The fourth-order valence-electron chi connectivity index (χ4n) is 3.29. The number of carboxylic acids is 1. The minimum Gasteiger partial charge on any atom is -0.479 e. The van der Waals surface area contributed by atoms with Crippen molar-refractivity contribution in [2.75, 3.05) is 13.1 Å². The molecule has 9 heteroatoms. The van der Waals surface area contributed by atoms with E-state index in [1.165, 1.54) is 4.68 Å². The summed E-state index contributed by atoms with van der Waals surface area (Å²) in [7, 11) is 0. The SMILES string of the molecule is Cc1c(C(=O)N2CCC(F)(C(=O)O)C2)nnn1-c1cccc2cccnc12. The van der Waals surface area contributed by atoms with Crippen molar-refractivity contribution in [1.82, 2.24) is 24.9 Å². The zero-order valence-electron chi connectivity index (χ0n) is 14.5. The van der Waals surface area contributed by atoms with Crippen LogP contribution in [0.1, 0.15) is 22.6 Å². The van der Waals surface area contributed by atoms with Gasteiger partial charge in [-0.05, 0) is 19.1 Å². The molecule has 0 saturated carbocycles. The molecule has 8 nitrogen and oxygen atoms in total. The molecule has 27 heavy (non-hydrogen) atoms. The molecule has 1 unspecified atom stereocenters. The molecule has 1 amide bonds. The second-order valence-corrected chi connectivity index (χ2v) is 6.53. The van der Waals surface area contributed by atoms with Crippen LogP contribution in [-0.4, -0.2) is 60.6 Å². The first-order chi connectivity index (χ1) is 12.9. The highest BCUT2D eigenvalue weighted by Crippen LogP contribution is 2.28. The van der Waals surface area contributed by atoms with E-state index in [-0.39, 0.29) is 18.7 Å². The fourth-order valence-corrected chi connectivity index (χ4v) is 3.29. The minimum absolute atomic E-state index is 0.0176. The van der Waals surface area contributed by atoms with Gasteiger partial charge in [0.15, 0.2) is 5.69 Å². The first-order valence-electron chi connectivity index (χ1n) is 8.39. The van der Waals surface area contributed by atoms with Crippen molar-refractivity contribution < 1.29 is 19.1 Å². The molecule has 2 aromatic heterocycles. The molecule has 1 aliphatic rings. The van der Waals surface area contributed by atoms with Crippen LogP contribution in [0.25, 0.3) is 16.6 Å². The molecular weight excluding hydrogens is 353 g/mol. The molecule has 0 aliphatic carbocycles. The van der Waals surface area contributed by atoms with Gasteiger partial charge in [0, 0.05) is 24.5 Å². The summed E-state index contributed by atoms with van der Waals surface area (Å²) in [5.74, 6) is -2.09. The number of carbonyl (C=O) groups excluding carboxylic acids is 1. The number of para-hydroxylation sites is 1. The summed E-state index contributed by atoms with van der Waals surface area (Å²) < 4.78 is 15.8. The lowest BCUT2D eigenvalue weighted by molar-refractivity contribution is -0.149. The van der Waals surface area contributed by atoms with E-state index in [2.05, 4.69) is 15.3 Å². The van der Waals surface area contributed by atoms with Gasteiger partial charge in [0.05, 0.1) is 23.4 Å². The number of rotatable bonds is 3. The van der Waals surface area contributed by atoms with Gasteiger partial charge in [0.25, 0.3) is 5.91 Å². The minimum atomic E-state index is -2.42. The average molecular weight is 369 g/mol. The van der Waals surface area contributed by atoms with Crippen LogP contribution in [0.15, 0.2) is 36.5 Å². The maximum absolute atomic E-state index is 14.3. The van der Waals surface area contributed by atoms with E-state index < -0.39 is 24.1 Å². The highest BCUT2D eigenvalue weighted by atomic mass is 19.1. The lowest BCUT2D eigenvalue weighted by Gasteiger charge is -2.16. The van der Waals surface area contributed by atoms with E-state index >= 15 is 0 Å². The lowest BCUT2D eigenvalue weighted by Crippen LogP contribution is -2.39. The van der Waals surface area contributed by atoms with Gasteiger partial charge in [0.1, 0.15) is 0 Å². The van der Waals surface area contributed by atoms with E-state index in [0.717, 1.165) is 10.3 Å². The smallest absolute Gasteiger partial charge is 0.343 e. The number of aromatic nitrogens is 4. The van der Waals surface area contributed by atoms with Crippen molar-refractivity contribution in [2.24, 2.45) is 0 Å². The van der Waals surface area contributed by atoms with E-state index in [1.807, 2.05) is 30.3 Å². The third-order valence-electron chi connectivity index (χ3n) is 4.83. The fraction of sp³-hybridized carbons (Fsp3) is 0.278. The first kappa shape index (κ1) is 17.1. The quantitative estimate of drug-likeness (QED) is 0.755. The maximum Gasteiger partial charge on any atom is 0.343 e. The first-order valence-corrected chi connectivity index (χ1v) is 8.39. The molecule has 1 aliphatic heterocycles. The van der Waals surface area contributed by atoms with Gasteiger partial charge < -0.3 is 10.0 Å². The predicted octanol–water partition coefficient (Wildman–Crippen LogP) is 1.76. The third kappa shape index (κ3) is 2.71. The summed E-state index contributed by atoms with van der Waals surface area (Å²) in [5.41, 5.74) is -0.493. The Bertz CT molecular complexity index is 1060. The second-order valence-electron chi connectivity index (χ2n) is 6.53. The number of benzene rings is 1. The van der Waals surface area contributed by atoms with Crippen molar-refractivity contribution in [3.05, 3.63) is 47.9 Å². The molecule has 3 heterocycles. The van der Waals surface area contributed by atoms with Gasteiger partial charge in [-0.25, -0.2) is 13.9 Å². The summed E-state index contributed by atoms with van der Waals surface area (Å²) in [6.07, 6.45) is 1.43.